The smallest absolute Gasteiger partial charge is 0.315 e. The van der Waals surface area contributed by atoms with Crippen molar-refractivity contribution < 1.29 is 4.79 Å². The number of aryl methyl sites for hydroxylation is 2. The van der Waals surface area contributed by atoms with Crippen LogP contribution in [-0.2, 0) is 0 Å². The number of hydrogen-bond donors (Lipinski definition) is 3. The summed E-state index contributed by atoms with van der Waals surface area (Å²) in [5.74, 6) is 0. The van der Waals surface area contributed by atoms with Gasteiger partial charge < -0.3 is 16.0 Å². The molecule has 1 aliphatic carbocycles. The number of carbonyl (C=O) groups excluding carboxylic acids is 1. The lowest BCUT2D eigenvalue weighted by Gasteiger charge is -2.16. The molecule has 2 amide bonds. The van der Waals surface area contributed by atoms with E-state index in [1.807, 2.05) is 37.3 Å². The Morgan fingerprint density at radius 3 is 2.03 bits per heavy atom. The number of nitrogens with one attached hydrogen (secondary N) is 3. The van der Waals surface area contributed by atoms with Crippen LogP contribution in [-0.4, -0.2) is 24.3 Å². The largest absolute Gasteiger partial charge is 0.335 e. The third-order valence-electron chi connectivity index (χ3n) is 5.47. The number of benzene rings is 2. The van der Waals surface area contributed by atoms with Crippen LogP contribution in [0, 0.1) is 19.3 Å². The van der Waals surface area contributed by atoms with Crippen molar-refractivity contribution in [2.75, 3.05) is 6.54 Å². The SMILES string of the molecule is C/C(=C\C(=N)CNC(=O)NC1CCCCCC1)c1ccccc1.Cc1ccc(C)cc1. The molecule has 3 N–H and O–H groups in total. The Hall–Kier alpha value is -2.88. The Labute approximate surface area is 187 Å². The van der Waals surface area contributed by atoms with E-state index in [1.165, 1.54) is 36.8 Å². The predicted octanol–water partition coefficient (Wildman–Crippen LogP) is 6.44. The molecule has 0 unspecified atom stereocenters. The van der Waals surface area contributed by atoms with Crippen molar-refractivity contribution in [2.24, 2.45) is 0 Å². The molecule has 0 aliphatic heterocycles. The average Bonchev–Trinajstić information content (AvgIpc) is 3.04. The van der Waals surface area contributed by atoms with Gasteiger partial charge in [-0.1, -0.05) is 91.4 Å². The predicted molar refractivity (Wildman–Crippen MR) is 132 cm³/mol. The van der Waals surface area contributed by atoms with Gasteiger partial charge in [0.1, 0.15) is 0 Å². The minimum Gasteiger partial charge on any atom is -0.335 e. The van der Waals surface area contributed by atoms with E-state index < -0.39 is 0 Å². The van der Waals surface area contributed by atoms with E-state index in [2.05, 4.69) is 48.7 Å². The van der Waals surface area contributed by atoms with Crippen molar-refractivity contribution in [3.05, 3.63) is 77.4 Å². The molecular formula is C27H37N3O. The highest BCUT2D eigenvalue weighted by Gasteiger charge is 2.14. The zero-order chi connectivity index (χ0) is 22.5. The van der Waals surface area contributed by atoms with E-state index in [9.17, 15) is 4.79 Å². The fourth-order valence-corrected chi connectivity index (χ4v) is 3.57. The van der Waals surface area contributed by atoms with Crippen LogP contribution < -0.4 is 10.6 Å². The van der Waals surface area contributed by atoms with Crippen LogP contribution in [0.4, 0.5) is 4.79 Å². The molecule has 2 aromatic carbocycles. The molecule has 1 fully saturated rings. The van der Waals surface area contributed by atoms with Gasteiger partial charge in [0, 0.05) is 6.04 Å². The van der Waals surface area contributed by atoms with Crippen molar-refractivity contribution in [2.45, 2.75) is 65.3 Å². The van der Waals surface area contributed by atoms with Gasteiger partial charge in [0.25, 0.3) is 0 Å². The second-order valence-corrected chi connectivity index (χ2v) is 8.39. The second-order valence-electron chi connectivity index (χ2n) is 8.39. The normalized spacial score (nSPS) is 14.6. The van der Waals surface area contributed by atoms with Gasteiger partial charge in [-0.05, 0) is 50.8 Å². The van der Waals surface area contributed by atoms with Crippen molar-refractivity contribution in [3.8, 4) is 0 Å². The van der Waals surface area contributed by atoms with E-state index in [4.69, 9.17) is 5.41 Å². The number of carbonyl (C=O) groups is 1. The van der Waals surface area contributed by atoms with Crippen LogP contribution >= 0.6 is 0 Å². The van der Waals surface area contributed by atoms with E-state index in [0.29, 0.717) is 5.71 Å². The topological polar surface area (TPSA) is 65.0 Å². The van der Waals surface area contributed by atoms with Crippen molar-refractivity contribution in [1.82, 2.24) is 10.6 Å². The van der Waals surface area contributed by atoms with E-state index in [1.54, 1.807) is 6.08 Å². The number of allylic oxidation sites excluding steroid dienone is 1. The molecule has 0 bridgehead atoms. The van der Waals surface area contributed by atoms with Crippen LogP contribution in [0.5, 0.6) is 0 Å². The van der Waals surface area contributed by atoms with Crippen molar-refractivity contribution in [1.29, 1.82) is 5.41 Å². The third-order valence-corrected chi connectivity index (χ3v) is 5.47. The molecule has 3 rings (SSSR count). The highest BCUT2D eigenvalue weighted by molar-refractivity contribution is 6.01. The molecule has 31 heavy (non-hydrogen) atoms. The second kappa shape index (κ2) is 13.4. The molecule has 2 aromatic rings. The minimum atomic E-state index is -0.160. The van der Waals surface area contributed by atoms with Crippen LogP contribution in [0.1, 0.15) is 62.1 Å². The van der Waals surface area contributed by atoms with Crippen LogP contribution in [0.3, 0.4) is 0 Å². The van der Waals surface area contributed by atoms with Gasteiger partial charge >= 0.3 is 6.03 Å². The first kappa shape index (κ1) is 24.4. The van der Waals surface area contributed by atoms with Gasteiger partial charge in [0.15, 0.2) is 0 Å². The minimum absolute atomic E-state index is 0.160. The van der Waals surface area contributed by atoms with Gasteiger partial charge in [-0.3, -0.25) is 0 Å². The maximum Gasteiger partial charge on any atom is 0.315 e. The summed E-state index contributed by atoms with van der Waals surface area (Å²) in [7, 11) is 0. The fraction of sp³-hybridized carbons (Fsp3) is 0.407. The third kappa shape index (κ3) is 10.1. The molecule has 4 heteroatoms. The summed E-state index contributed by atoms with van der Waals surface area (Å²) in [4.78, 5) is 11.9. The van der Waals surface area contributed by atoms with Gasteiger partial charge in [-0.25, -0.2) is 4.79 Å². The molecule has 0 radical (unpaired) electrons. The monoisotopic (exact) mass is 419 g/mol. The zero-order valence-corrected chi connectivity index (χ0v) is 19.2. The maximum absolute atomic E-state index is 11.9. The Morgan fingerprint density at radius 1 is 0.935 bits per heavy atom. The van der Waals surface area contributed by atoms with E-state index in [0.717, 1.165) is 24.0 Å². The summed E-state index contributed by atoms with van der Waals surface area (Å²) >= 11 is 0. The summed E-state index contributed by atoms with van der Waals surface area (Å²) in [5, 5.41) is 13.8. The number of amides is 2. The van der Waals surface area contributed by atoms with Crippen LogP contribution in [0.25, 0.3) is 5.57 Å². The number of hydrogen-bond acceptors (Lipinski definition) is 2. The van der Waals surface area contributed by atoms with Gasteiger partial charge in [0.05, 0.1) is 12.3 Å². The Morgan fingerprint density at radius 2 is 1.48 bits per heavy atom. The lowest BCUT2D eigenvalue weighted by atomic mass is 10.1. The molecule has 1 saturated carbocycles. The fourth-order valence-electron chi connectivity index (χ4n) is 3.57. The van der Waals surface area contributed by atoms with Crippen LogP contribution in [0.2, 0.25) is 0 Å². The summed E-state index contributed by atoms with van der Waals surface area (Å²) in [5.41, 5.74) is 5.19. The molecule has 1 aliphatic rings. The molecule has 0 spiro atoms. The summed E-state index contributed by atoms with van der Waals surface area (Å²) in [6.45, 7) is 6.43. The number of urea groups is 1. The number of rotatable bonds is 5. The molecule has 0 atom stereocenters. The van der Waals surface area contributed by atoms with Crippen LogP contribution in [0.15, 0.2) is 60.7 Å². The standard InChI is InChI=1S/C19H27N3O.C8H10/c1-15(16-9-5-4-6-10-16)13-17(20)14-21-19(23)22-18-11-7-2-3-8-12-18;1-7-3-5-8(2)6-4-7/h4-6,9-10,13,18,20H,2-3,7-8,11-12,14H2,1H3,(H2,21,22,23);3-6H,1-2H3/b15-13+,20-17?;. The highest BCUT2D eigenvalue weighted by Crippen LogP contribution is 2.17. The molecule has 0 saturated heterocycles. The first-order chi connectivity index (χ1) is 14.9. The quantitative estimate of drug-likeness (QED) is 0.379. The molecule has 0 heterocycles. The summed E-state index contributed by atoms with van der Waals surface area (Å²) < 4.78 is 0. The first-order valence-corrected chi connectivity index (χ1v) is 11.3. The van der Waals surface area contributed by atoms with Crippen molar-refractivity contribution in [3.63, 3.8) is 0 Å². The van der Waals surface area contributed by atoms with Gasteiger partial charge in [-0.2, -0.15) is 0 Å². The molecular weight excluding hydrogens is 382 g/mol. The summed E-state index contributed by atoms with van der Waals surface area (Å²) in [6.07, 6.45) is 8.87. The lowest BCUT2D eigenvalue weighted by molar-refractivity contribution is 0.237. The van der Waals surface area contributed by atoms with Gasteiger partial charge in [0.2, 0.25) is 0 Å². The summed E-state index contributed by atoms with van der Waals surface area (Å²) in [6, 6.07) is 18.6. The Kier molecular flexibility index (Phi) is 10.6. The molecule has 0 aromatic heterocycles. The Bertz CT molecular complexity index is 812. The van der Waals surface area contributed by atoms with E-state index >= 15 is 0 Å². The average molecular weight is 420 g/mol. The maximum atomic E-state index is 11.9. The molecule has 4 nitrogen and oxygen atoms in total. The molecule has 166 valence electrons. The zero-order valence-electron chi connectivity index (χ0n) is 19.2. The van der Waals surface area contributed by atoms with Crippen molar-refractivity contribution >= 4 is 17.3 Å². The first-order valence-electron chi connectivity index (χ1n) is 11.3. The van der Waals surface area contributed by atoms with E-state index in [-0.39, 0.29) is 18.6 Å². The lowest BCUT2D eigenvalue weighted by Crippen LogP contribution is -2.43. The Balaban J connectivity index is 0.000000357. The highest BCUT2D eigenvalue weighted by atomic mass is 16.2. The van der Waals surface area contributed by atoms with Gasteiger partial charge in [-0.15, -0.1) is 0 Å².